The minimum Gasteiger partial charge on any atom is -0.362 e. The van der Waals surface area contributed by atoms with Crippen molar-refractivity contribution in [1.29, 1.82) is 0 Å². The third kappa shape index (κ3) is 1.97. The fourth-order valence-corrected chi connectivity index (χ4v) is 1.82. The van der Waals surface area contributed by atoms with Crippen LogP contribution in [0, 0.1) is 0 Å². The summed E-state index contributed by atoms with van der Waals surface area (Å²) in [6, 6.07) is 7.12. The minimum atomic E-state index is -0.558. The molecule has 0 aliphatic carbocycles. The number of nitrogens with zero attached hydrogens (tertiary/aromatic N) is 2. The Kier molecular flexibility index (Phi) is 2.77. The van der Waals surface area contributed by atoms with Gasteiger partial charge in [0.2, 0.25) is 0 Å². The summed E-state index contributed by atoms with van der Waals surface area (Å²) >= 11 is 5.81. The number of amides is 1. The van der Waals surface area contributed by atoms with Crippen LogP contribution in [-0.4, -0.2) is 10.5 Å². The van der Waals surface area contributed by atoms with Crippen LogP contribution >= 0.6 is 11.6 Å². The van der Waals surface area contributed by atoms with Crippen molar-refractivity contribution in [3.63, 3.8) is 0 Å². The largest absolute Gasteiger partial charge is 0.362 e. The summed E-state index contributed by atoms with van der Waals surface area (Å²) in [5.41, 5.74) is 12.2. The van der Waals surface area contributed by atoms with Crippen molar-refractivity contribution in [2.75, 3.05) is 5.73 Å². The first-order valence-corrected chi connectivity index (χ1v) is 5.30. The van der Waals surface area contributed by atoms with Crippen molar-refractivity contribution in [2.45, 2.75) is 0 Å². The monoisotopic (exact) mass is 251 g/mol. The molecular formula is C11H12ClN4O+. The lowest BCUT2D eigenvalue weighted by Crippen LogP contribution is -2.36. The molecule has 0 radical (unpaired) electrons. The summed E-state index contributed by atoms with van der Waals surface area (Å²) in [5, 5.41) is 0.638. The van der Waals surface area contributed by atoms with E-state index in [0.717, 1.165) is 5.69 Å². The van der Waals surface area contributed by atoms with Crippen LogP contribution in [0.2, 0.25) is 5.02 Å². The van der Waals surface area contributed by atoms with Crippen LogP contribution in [0.15, 0.2) is 30.6 Å². The summed E-state index contributed by atoms with van der Waals surface area (Å²) in [6.07, 6.45) is 1.69. The molecule has 0 aliphatic rings. The fraction of sp³-hybridized carbons (Fsp3) is 0.0909. The maximum Gasteiger partial charge on any atom is 0.294 e. The first-order valence-electron chi connectivity index (χ1n) is 4.93. The number of halogens is 1. The maximum absolute atomic E-state index is 11.2. The predicted molar refractivity (Wildman–Crippen MR) is 64.9 cm³/mol. The van der Waals surface area contributed by atoms with Crippen molar-refractivity contribution in [3.05, 3.63) is 41.3 Å². The molecule has 4 N–H and O–H groups in total. The van der Waals surface area contributed by atoms with Gasteiger partial charge in [0, 0.05) is 5.02 Å². The molecule has 1 aromatic heterocycles. The molecule has 1 aromatic carbocycles. The van der Waals surface area contributed by atoms with Crippen LogP contribution in [0.4, 0.5) is 5.82 Å². The van der Waals surface area contributed by atoms with Crippen molar-refractivity contribution >= 4 is 23.3 Å². The van der Waals surface area contributed by atoms with Crippen molar-refractivity contribution in [1.82, 2.24) is 4.57 Å². The number of aryl methyl sites for hydroxylation is 1. The van der Waals surface area contributed by atoms with Gasteiger partial charge in [-0.1, -0.05) is 11.6 Å². The molecule has 0 saturated carbocycles. The molecule has 17 heavy (non-hydrogen) atoms. The highest BCUT2D eigenvalue weighted by Gasteiger charge is 2.24. The summed E-state index contributed by atoms with van der Waals surface area (Å²) in [5.74, 6) is -0.250. The zero-order chi connectivity index (χ0) is 12.6. The Bertz CT molecular complexity index is 574. The third-order valence-corrected chi connectivity index (χ3v) is 2.73. The predicted octanol–water partition coefficient (Wildman–Crippen LogP) is 0.636. The van der Waals surface area contributed by atoms with Gasteiger partial charge < -0.3 is 11.5 Å². The number of carbonyl (C=O) groups excluding carboxylic acids is 1. The number of imidazole rings is 1. The number of anilines is 1. The average molecular weight is 252 g/mol. The van der Waals surface area contributed by atoms with Crippen LogP contribution in [0.3, 0.4) is 0 Å². The van der Waals surface area contributed by atoms with Crippen molar-refractivity contribution < 1.29 is 9.36 Å². The van der Waals surface area contributed by atoms with Crippen LogP contribution in [-0.2, 0) is 7.05 Å². The third-order valence-electron chi connectivity index (χ3n) is 2.48. The van der Waals surface area contributed by atoms with Crippen LogP contribution < -0.4 is 16.0 Å². The van der Waals surface area contributed by atoms with Gasteiger partial charge >= 0.3 is 0 Å². The Morgan fingerprint density at radius 1 is 1.35 bits per heavy atom. The van der Waals surface area contributed by atoms with E-state index in [-0.39, 0.29) is 5.69 Å². The number of aromatic nitrogens is 2. The van der Waals surface area contributed by atoms with Gasteiger partial charge in [0.05, 0.1) is 7.05 Å². The highest BCUT2D eigenvalue weighted by Crippen LogP contribution is 2.17. The molecule has 0 aliphatic heterocycles. The van der Waals surface area contributed by atoms with Crippen LogP contribution in [0.25, 0.3) is 5.69 Å². The molecule has 0 saturated heterocycles. The van der Waals surface area contributed by atoms with Gasteiger partial charge in [-0.3, -0.25) is 4.79 Å². The van der Waals surface area contributed by atoms with Gasteiger partial charge in [-0.15, -0.1) is 0 Å². The molecule has 0 bridgehead atoms. The maximum atomic E-state index is 11.2. The number of carbonyl (C=O) groups is 1. The van der Waals surface area contributed by atoms with Crippen molar-refractivity contribution in [3.8, 4) is 5.69 Å². The zero-order valence-electron chi connectivity index (χ0n) is 9.22. The van der Waals surface area contributed by atoms with E-state index < -0.39 is 5.91 Å². The standard InChI is InChI=1S/C11H11ClN4O/c1-15-6-16(10(13)9(15)11(14)17)8-4-2-7(12)3-5-8/h2-6H,1H3,(H3-,13,14,17)/p+1. The van der Waals surface area contributed by atoms with E-state index in [9.17, 15) is 4.79 Å². The van der Waals surface area contributed by atoms with Gasteiger partial charge in [-0.25, -0.2) is 4.57 Å². The highest BCUT2D eigenvalue weighted by molar-refractivity contribution is 6.30. The fourth-order valence-electron chi connectivity index (χ4n) is 1.70. The number of rotatable bonds is 2. The number of nitrogen functional groups attached to an aromatic ring is 1. The van der Waals surface area contributed by atoms with Crippen molar-refractivity contribution in [2.24, 2.45) is 12.8 Å². The molecule has 2 rings (SSSR count). The first-order chi connectivity index (χ1) is 8.00. The molecule has 1 amide bonds. The Morgan fingerprint density at radius 2 is 1.94 bits per heavy atom. The molecule has 88 valence electrons. The topological polar surface area (TPSA) is 77.9 Å². The van der Waals surface area contributed by atoms with E-state index in [4.69, 9.17) is 23.1 Å². The lowest BCUT2D eigenvalue weighted by atomic mass is 10.3. The van der Waals surface area contributed by atoms with Gasteiger partial charge in [0.15, 0.2) is 0 Å². The second-order valence-electron chi connectivity index (χ2n) is 3.67. The molecule has 0 spiro atoms. The number of benzene rings is 1. The molecule has 0 fully saturated rings. The Balaban J connectivity index is 2.57. The van der Waals surface area contributed by atoms with Gasteiger partial charge in [0.25, 0.3) is 23.7 Å². The SMILES string of the molecule is C[n+]1cn(-c2ccc(Cl)cc2)c(N)c1C(N)=O. The minimum absolute atomic E-state index is 0.278. The molecule has 0 atom stereocenters. The van der Waals surface area contributed by atoms with E-state index >= 15 is 0 Å². The van der Waals surface area contributed by atoms with Gasteiger partial charge in [-0.2, -0.15) is 4.57 Å². The van der Waals surface area contributed by atoms with E-state index in [0.29, 0.717) is 10.8 Å². The number of primary amides is 1. The average Bonchev–Trinajstić information content (AvgIpc) is 2.55. The smallest absolute Gasteiger partial charge is 0.294 e. The normalized spacial score (nSPS) is 10.5. The van der Waals surface area contributed by atoms with Crippen LogP contribution in [0.1, 0.15) is 10.5 Å². The highest BCUT2D eigenvalue weighted by atomic mass is 35.5. The van der Waals surface area contributed by atoms with E-state index in [2.05, 4.69) is 0 Å². The Labute approximate surface area is 103 Å². The van der Waals surface area contributed by atoms with E-state index in [1.807, 2.05) is 12.1 Å². The molecular weight excluding hydrogens is 240 g/mol. The van der Waals surface area contributed by atoms with E-state index in [1.165, 1.54) is 0 Å². The zero-order valence-corrected chi connectivity index (χ0v) is 9.98. The second kappa shape index (κ2) is 4.10. The van der Waals surface area contributed by atoms with E-state index in [1.54, 1.807) is 34.6 Å². The number of hydrogen-bond donors (Lipinski definition) is 2. The number of nitrogens with two attached hydrogens (primary N) is 2. The Hall–Kier alpha value is -2.01. The van der Waals surface area contributed by atoms with Gasteiger partial charge in [-0.05, 0) is 24.3 Å². The van der Waals surface area contributed by atoms with Crippen LogP contribution in [0.5, 0.6) is 0 Å². The summed E-state index contributed by atoms with van der Waals surface area (Å²) in [7, 11) is 1.71. The number of hydrogen-bond acceptors (Lipinski definition) is 2. The lowest BCUT2D eigenvalue weighted by molar-refractivity contribution is -0.672. The summed E-state index contributed by atoms with van der Waals surface area (Å²) in [6.45, 7) is 0. The first kappa shape index (κ1) is 11.5. The second-order valence-corrected chi connectivity index (χ2v) is 4.11. The lowest BCUT2D eigenvalue weighted by Gasteiger charge is -1.97. The summed E-state index contributed by atoms with van der Waals surface area (Å²) < 4.78 is 3.27. The Morgan fingerprint density at radius 3 is 2.41 bits per heavy atom. The quantitative estimate of drug-likeness (QED) is 0.769. The molecule has 1 heterocycles. The molecule has 6 heteroatoms. The molecule has 0 unspecified atom stereocenters. The van der Waals surface area contributed by atoms with Gasteiger partial charge in [0.1, 0.15) is 5.69 Å². The molecule has 5 nitrogen and oxygen atoms in total. The summed E-state index contributed by atoms with van der Waals surface area (Å²) in [4.78, 5) is 11.2. The molecule has 2 aromatic rings.